The zero-order valence-electron chi connectivity index (χ0n) is 11.7. The van der Waals surface area contributed by atoms with Crippen LogP contribution in [0.15, 0.2) is 18.2 Å². The van der Waals surface area contributed by atoms with Crippen LogP contribution in [-0.2, 0) is 9.53 Å². The molecule has 114 valence electrons. The van der Waals surface area contributed by atoms with Gasteiger partial charge in [-0.1, -0.05) is 0 Å². The molecule has 1 aromatic rings. The molecule has 1 aromatic carbocycles. The molecule has 7 nitrogen and oxygen atoms in total. The number of benzene rings is 1. The van der Waals surface area contributed by atoms with E-state index >= 15 is 0 Å². The van der Waals surface area contributed by atoms with Gasteiger partial charge in [-0.25, -0.2) is 0 Å². The Morgan fingerprint density at radius 2 is 2.29 bits per heavy atom. The van der Waals surface area contributed by atoms with Gasteiger partial charge >= 0.3 is 0 Å². The average Bonchev–Trinajstić information content (AvgIpc) is 2.84. The van der Waals surface area contributed by atoms with Crippen molar-refractivity contribution in [1.82, 2.24) is 0 Å². The number of non-ortho nitro benzene ring substituents is 1. The van der Waals surface area contributed by atoms with Gasteiger partial charge in [0.1, 0.15) is 5.75 Å². The van der Waals surface area contributed by atoms with Gasteiger partial charge in [0.05, 0.1) is 22.8 Å². The zero-order valence-corrected chi connectivity index (χ0v) is 11.7. The van der Waals surface area contributed by atoms with Crippen LogP contribution in [0.2, 0.25) is 0 Å². The molecule has 2 rings (SSSR count). The number of aromatic hydroxyl groups is 1. The lowest BCUT2D eigenvalue weighted by molar-refractivity contribution is -0.384. The Bertz CT molecular complexity index is 546. The number of carbonyl (C=O) groups excluding carboxylic acids is 1. The Morgan fingerprint density at radius 1 is 1.52 bits per heavy atom. The highest BCUT2D eigenvalue weighted by Gasteiger charge is 2.22. The van der Waals surface area contributed by atoms with Crippen molar-refractivity contribution in [3.63, 3.8) is 0 Å². The maximum atomic E-state index is 11.8. The van der Waals surface area contributed by atoms with Gasteiger partial charge < -0.3 is 15.2 Å². The molecule has 1 aliphatic rings. The highest BCUT2D eigenvalue weighted by molar-refractivity contribution is 5.92. The van der Waals surface area contributed by atoms with Crippen LogP contribution in [0, 0.1) is 10.1 Å². The smallest absolute Gasteiger partial charge is 0.271 e. The number of phenols is 1. The highest BCUT2D eigenvalue weighted by Crippen LogP contribution is 2.28. The summed E-state index contributed by atoms with van der Waals surface area (Å²) in [5.74, 6) is -0.492. The van der Waals surface area contributed by atoms with Gasteiger partial charge in [0, 0.05) is 18.6 Å². The van der Waals surface area contributed by atoms with Crippen LogP contribution in [0.1, 0.15) is 32.6 Å². The highest BCUT2D eigenvalue weighted by atomic mass is 16.6. The topological polar surface area (TPSA) is 102 Å². The van der Waals surface area contributed by atoms with Crippen molar-refractivity contribution in [2.45, 2.75) is 44.8 Å². The van der Waals surface area contributed by atoms with E-state index in [1.54, 1.807) is 0 Å². The van der Waals surface area contributed by atoms with Crippen LogP contribution in [0.4, 0.5) is 11.4 Å². The number of amides is 1. The Hall–Kier alpha value is -2.15. The molecule has 0 aliphatic carbocycles. The number of nitrogens with one attached hydrogen (secondary N) is 1. The molecule has 0 saturated carbocycles. The van der Waals surface area contributed by atoms with E-state index in [-0.39, 0.29) is 41.7 Å². The minimum Gasteiger partial charge on any atom is -0.506 e. The van der Waals surface area contributed by atoms with Crippen LogP contribution in [0.5, 0.6) is 5.75 Å². The van der Waals surface area contributed by atoms with Crippen LogP contribution in [-0.4, -0.2) is 28.1 Å². The average molecular weight is 294 g/mol. The molecule has 0 aromatic heterocycles. The number of phenolic OH excluding ortho intramolecular Hbond substituents is 1. The Labute approximate surface area is 122 Å². The van der Waals surface area contributed by atoms with Crippen molar-refractivity contribution in [2.75, 3.05) is 5.32 Å². The first-order chi connectivity index (χ1) is 9.95. The minimum atomic E-state index is -0.581. The van der Waals surface area contributed by atoms with Crippen molar-refractivity contribution in [2.24, 2.45) is 0 Å². The number of nitro groups is 1. The van der Waals surface area contributed by atoms with Crippen molar-refractivity contribution in [3.05, 3.63) is 28.3 Å². The lowest BCUT2D eigenvalue weighted by Crippen LogP contribution is -2.16. The summed E-state index contributed by atoms with van der Waals surface area (Å²) >= 11 is 0. The van der Waals surface area contributed by atoms with E-state index in [0.717, 1.165) is 18.9 Å². The predicted octanol–water partition coefficient (Wildman–Crippen LogP) is 2.59. The Morgan fingerprint density at radius 3 is 2.90 bits per heavy atom. The van der Waals surface area contributed by atoms with Gasteiger partial charge in [0.15, 0.2) is 0 Å². The van der Waals surface area contributed by atoms with E-state index in [2.05, 4.69) is 5.32 Å². The second-order valence-electron chi connectivity index (χ2n) is 5.19. The first-order valence-corrected chi connectivity index (χ1v) is 6.88. The third-order valence-corrected chi connectivity index (χ3v) is 3.48. The second-order valence-corrected chi connectivity index (χ2v) is 5.19. The summed E-state index contributed by atoms with van der Waals surface area (Å²) in [4.78, 5) is 21.9. The fourth-order valence-electron chi connectivity index (χ4n) is 2.34. The summed E-state index contributed by atoms with van der Waals surface area (Å²) in [7, 11) is 0. The molecule has 2 atom stereocenters. The SMILES string of the molecule is C[C@@H]1CC[C@H](CCC(=O)Nc2cc([N+](=O)[O-])ccc2O)O1. The maximum Gasteiger partial charge on any atom is 0.271 e. The molecule has 2 N–H and O–H groups in total. The third kappa shape index (κ3) is 4.16. The molecular formula is C14H18N2O5. The summed E-state index contributed by atoms with van der Waals surface area (Å²) in [5, 5.41) is 22.8. The van der Waals surface area contributed by atoms with Crippen molar-refractivity contribution in [3.8, 4) is 5.75 Å². The number of nitrogens with zero attached hydrogens (tertiary/aromatic N) is 1. The molecule has 1 aliphatic heterocycles. The molecular weight excluding hydrogens is 276 g/mol. The van der Waals surface area contributed by atoms with E-state index < -0.39 is 4.92 Å². The zero-order chi connectivity index (χ0) is 15.4. The standard InChI is InChI=1S/C14H18N2O5/c1-9-2-4-11(21-9)5-7-14(18)15-12-8-10(16(19)20)3-6-13(12)17/h3,6,8-9,11,17H,2,4-5,7H2,1H3,(H,15,18)/t9-,11-/m1/s1. The van der Waals surface area contributed by atoms with Crippen LogP contribution < -0.4 is 5.32 Å². The minimum absolute atomic E-state index is 0.0508. The van der Waals surface area contributed by atoms with Gasteiger partial charge in [-0.2, -0.15) is 0 Å². The summed E-state index contributed by atoms with van der Waals surface area (Å²) < 4.78 is 5.62. The van der Waals surface area contributed by atoms with E-state index in [4.69, 9.17) is 4.74 Å². The lowest BCUT2D eigenvalue weighted by Gasteiger charge is -2.11. The molecule has 1 heterocycles. The van der Waals surface area contributed by atoms with Crippen LogP contribution >= 0.6 is 0 Å². The number of nitro benzene ring substituents is 1. The van der Waals surface area contributed by atoms with Gasteiger partial charge in [-0.15, -0.1) is 0 Å². The molecule has 0 spiro atoms. The number of hydrogen-bond donors (Lipinski definition) is 2. The monoisotopic (exact) mass is 294 g/mol. The fourth-order valence-corrected chi connectivity index (χ4v) is 2.34. The van der Waals surface area contributed by atoms with E-state index in [0.29, 0.717) is 6.42 Å². The van der Waals surface area contributed by atoms with E-state index in [1.165, 1.54) is 12.1 Å². The molecule has 1 saturated heterocycles. The normalized spacial score (nSPS) is 21.2. The molecule has 7 heteroatoms. The summed E-state index contributed by atoms with van der Waals surface area (Å²) in [6.07, 6.45) is 3.11. The largest absolute Gasteiger partial charge is 0.506 e. The summed E-state index contributed by atoms with van der Waals surface area (Å²) in [6.45, 7) is 2.00. The number of anilines is 1. The molecule has 0 unspecified atom stereocenters. The first kappa shape index (κ1) is 15.2. The quantitative estimate of drug-likeness (QED) is 0.493. The first-order valence-electron chi connectivity index (χ1n) is 6.88. The van der Waals surface area contributed by atoms with Crippen molar-refractivity contribution < 1.29 is 19.6 Å². The number of ether oxygens (including phenoxy) is 1. The molecule has 21 heavy (non-hydrogen) atoms. The van der Waals surface area contributed by atoms with Crippen LogP contribution in [0.3, 0.4) is 0 Å². The summed E-state index contributed by atoms with van der Waals surface area (Å²) in [6, 6.07) is 3.51. The van der Waals surface area contributed by atoms with Gasteiger partial charge in [0.25, 0.3) is 5.69 Å². The lowest BCUT2D eigenvalue weighted by atomic mass is 10.1. The van der Waals surface area contributed by atoms with Gasteiger partial charge in [-0.3, -0.25) is 14.9 Å². The fraction of sp³-hybridized carbons (Fsp3) is 0.500. The third-order valence-electron chi connectivity index (χ3n) is 3.48. The summed E-state index contributed by atoms with van der Waals surface area (Å²) in [5.41, 5.74) is -0.133. The molecule has 1 fully saturated rings. The second kappa shape index (κ2) is 6.53. The van der Waals surface area contributed by atoms with Crippen molar-refractivity contribution in [1.29, 1.82) is 0 Å². The molecule has 0 bridgehead atoms. The van der Waals surface area contributed by atoms with E-state index in [9.17, 15) is 20.0 Å². The van der Waals surface area contributed by atoms with Gasteiger partial charge in [0.2, 0.25) is 5.91 Å². The number of carbonyl (C=O) groups is 1. The predicted molar refractivity (Wildman–Crippen MR) is 76.2 cm³/mol. The Balaban J connectivity index is 1.90. The molecule has 0 radical (unpaired) electrons. The molecule has 1 amide bonds. The van der Waals surface area contributed by atoms with Crippen LogP contribution in [0.25, 0.3) is 0 Å². The van der Waals surface area contributed by atoms with E-state index in [1.807, 2.05) is 6.92 Å². The number of hydrogen-bond acceptors (Lipinski definition) is 5. The van der Waals surface area contributed by atoms with Crippen molar-refractivity contribution >= 4 is 17.3 Å². The maximum absolute atomic E-state index is 11.8. The van der Waals surface area contributed by atoms with Gasteiger partial charge in [-0.05, 0) is 32.3 Å². The number of rotatable bonds is 5. The Kier molecular flexibility index (Phi) is 4.74.